The fourth-order valence-corrected chi connectivity index (χ4v) is 5.22. The van der Waals surface area contributed by atoms with Crippen molar-refractivity contribution < 1.29 is 14.6 Å². The molecule has 3 heterocycles. The van der Waals surface area contributed by atoms with Crippen molar-refractivity contribution in [3.05, 3.63) is 50.9 Å². The van der Waals surface area contributed by atoms with Crippen molar-refractivity contribution in [3.63, 3.8) is 0 Å². The minimum atomic E-state index is -0.923. The summed E-state index contributed by atoms with van der Waals surface area (Å²) in [6.45, 7) is 6.42. The van der Waals surface area contributed by atoms with Crippen molar-refractivity contribution in [2.45, 2.75) is 45.4 Å². The topological polar surface area (TPSA) is 76.8 Å². The molecule has 1 N–H and O–H groups in total. The van der Waals surface area contributed by atoms with Crippen molar-refractivity contribution in [1.29, 1.82) is 0 Å². The zero-order valence-electron chi connectivity index (χ0n) is 18.5. The number of thiophene rings is 1. The summed E-state index contributed by atoms with van der Waals surface area (Å²) >= 11 is 1.54. The van der Waals surface area contributed by atoms with E-state index in [1.54, 1.807) is 36.5 Å². The van der Waals surface area contributed by atoms with Crippen LogP contribution in [0.25, 0.3) is 10.2 Å². The van der Waals surface area contributed by atoms with Gasteiger partial charge in [0.25, 0.3) is 5.56 Å². The number of benzene rings is 1. The molecule has 1 aliphatic heterocycles. The number of ether oxygens (including phenoxy) is 2. The number of fused-ring (bicyclic) bond motifs is 1. The molecule has 0 radical (unpaired) electrons. The van der Waals surface area contributed by atoms with Crippen molar-refractivity contribution in [1.82, 2.24) is 14.5 Å². The molecule has 1 fully saturated rings. The van der Waals surface area contributed by atoms with Crippen LogP contribution >= 0.6 is 11.3 Å². The first-order valence-corrected chi connectivity index (χ1v) is 11.3. The molecule has 8 heteroatoms. The van der Waals surface area contributed by atoms with Crippen LogP contribution in [0.5, 0.6) is 11.5 Å². The molecule has 0 amide bonds. The Labute approximate surface area is 185 Å². The van der Waals surface area contributed by atoms with Crippen LogP contribution in [0, 0.1) is 13.8 Å². The van der Waals surface area contributed by atoms with E-state index in [4.69, 9.17) is 9.47 Å². The van der Waals surface area contributed by atoms with Crippen molar-refractivity contribution in [2.24, 2.45) is 0 Å². The summed E-state index contributed by atoms with van der Waals surface area (Å²) in [6.07, 6.45) is 2.75. The van der Waals surface area contributed by atoms with E-state index in [9.17, 15) is 9.90 Å². The van der Waals surface area contributed by atoms with E-state index < -0.39 is 5.60 Å². The summed E-state index contributed by atoms with van der Waals surface area (Å²) in [7, 11) is 3.32. The minimum Gasteiger partial charge on any atom is -0.497 e. The molecule has 1 aliphatic rings. The standard InChI is InChI=1S/C23H29N3O4S/c1-15-16(2)31-21-20(15)22(27)26(14-24-21)13-23(28)7-9-25(10-8-23)12-17-11-18(29-3)5-6-19(17)30-4/h5-6,11,14,28H,7-10,12-13H2,1-4H3. The van der Waals surface area contributed by atoms with Gasteiger partial charge in [-0.3, -0.25) is 14.3 Å². The van der Waals surface area contributed by atoms with Gasteiger partial charge in [0.05, 0.1) is 38.1 Å². The third kappa shape index (κ3) is 4.33. The normalized spacial score (nSPS) is 16.5. The first-order valence-electron chi connectivity index (χ1n) is 10.4. The van der Waals surface area contributed by atoms with Crippen LogP contribution < -0.4 is 15.0 Å². The molecule has 2 aromatic heterocycles. The van der Waals surface area contributed by atoms with Crippen LogP contribution in [0.3, 0.4) is 0 Å². The second-order valence-corrected chi connectivity index (χ2v) is 9.52. The predicted molar refractivity (Wildman–Crippen MR) is 122 cm³/mol. The minimum absolute atomic E-state index is 0.0659. The quantitative estimate of drug-likeness (QED) is 0.631. The highest BCUT2D eigenvalue weighted by atomic mass is 32.1. The van der Waals surface area contributed by atoms with Gasteiger partial charge < -0.3 is 14.6 Å². The average Bonchev–Trinajstić information content (AvgIpc) is 3.06. The molecule has 0 bridgehead atoms. The van der Waals surface area contributed by atoms with E-state index in [2.05, 4.69) is 9.88 Å². The van der Waals surface area contributed by atoms with Crippen LogP contribution in [0.15, 0.2) is 29.3 Å². The number of hydrogen-bond donors (Lipinski definition) is 1. The Morgan fingerprint density at radius 3 is 2.61 bits per heavy atom. The highest BCUT2D eigenvalue weighted by Crippen LogP contribution is 2.30. The molecular weight excluding hydrogens is 414 g/mol. The number of rotatable bonds is 6. The second kappa shape index (κ2) is 8.61. The Balaban J connectivity index is 1.46. The lowest BCUT2D eigenvalue weighted by molar-refractivity contribution is -0.0365. The smallest absolute Gasteiger partial charge is 0.262 e. The summed E-state index contributed by atoms with van der Waals surface area (Å²) in [6, 6.07) is 5.79. The predicted octanol–water partition coefficient (Wildman–Crippen LogP) is 3.12. The largest absolute Gasteiger partial charge is 0.497 e. The highest BCUT2D eigenvalue weighted by Gasteiger charge is 2.33. The van der Waals surface area contributed by atoms with Gasteiger partial charge in [-0.25, -0.2) is 4.98 Å². The van der Waals surface area contributed by atoms with Gasteiger partial charge in [-0.1, -0.05) is 0 Å². The van der Waals surface area contributed by atoms with Crippen LogP contribution in [0.4, 0.5) is 0 Å². The number of piperidine rings is 1. The fraction of sp³-hybridized carbons (Fsp3) is 0.478. The van der Waals surface area contributed by atoms with Gasteiger partial charge in [-0.2, -0.15) is 0 Å². The molecule has 7 nitrogen and oxygen atoms in total. The summed E-state index contributed by atoms with van der Waals surface area (Å²) in [5, 5.41) is 11.9. The molecule has 0 saturated carbocycles. The molecule has 166 valence electrons. The first kappa shape index (κ1) is 21.8. The number of aryl methyl sites for hydroxylation is 2. The molecule has 0 atom stereocenters. The Morgan fingerprint density at radius 1 is 1.19 bits per heavy atom. The lowest BCUT2D eigenvalue weighted by atomic mass is 9.91. The van der Waals surface area contributed by atoms with E-state index in [0.717, 1.165) is 52.0 Å². The summed E-state index contributed by atoms with van der Waals surface area (Å²) < 4.78 is 12.4. The molecule has 0 unspecified atom stereocenters. The summed E-state index contributed by atoms with van der Waals surface area (Å²) in [4.78, 5) is 21.6. The first-order chi connectivity index (χ1) is 14.8. The highest BCUT2D eigenvalue weighted by molar-refractivity contribution is 7.18. The number of likely N-dealkylation sites (tertiary alicyclic amines) is 1. The molecular formula is C23H29N3O4S. The van der Waals surface area contributed by atoms with Gasteiger partial charge in [-0.05, 0) is 50.5 Å². The molecule has 1 aromatic carbocycles. The zero-order valence-corrected chi connectivity index (χ0v) is 19.3. The lowest BCUT2D eigenvalue weighted by Crippen LogP contribution is -2.47. The molecule has 4 rings (SSSR count). The Bertz CT molecular complexity index is 1150. The molecule has 0 spiro atoms. The third-order valence-corrected chi connectivity index (χ3v) is 7.40. The molecule has 31 heavy (non-hydrogen) atoms. The molecule has 0 aliphatic carbocycles. The summed E-state index contributed by atoms with van der Waals surface area (Å²) in [5.74, 6) is 1.62. The Morgan fingerprint density at radius 2 is 1.94 bits per heavy atom. The fourth-order valence-electron chi connectivity index (χ4n) is 4.23. The monoisotopic (exact) mass is 443 g/mol. The zero-order chi connectivity index (χ0) is 22.2. The van der Waals surface area contributed by atoms with Gasteiger partial charge >= 0.3 is 0 Å². The van der Waals surface area contributed by atoms with Gasteiger partial charge in [0.2, 0.25) is 0 Å². The third-order valence-electron chi connectivity index (χ3n) is 6.29. The molecule has 3 aromatic rings. The maximum atomic E-state index is 13.0. The van der Waals surface area contributed by atoms with Crippen LogP contribution in [0.1, 0.15) is 28.8 Å². The number of aliphatic hydroxyl groups is 1. The second-order valence-electron chi connectivity index (χ2n) is 8.32. The van der Waals surface area contributed by atoms with E-state index in [-0.39, 0.29) is 12.1 Å². The number of nitrogens with zero attached hydrogens (tertiary/aromatic N) is 3. The lowest BCUT2D eigenvalue weighted by Gasteiger charge is -2.38. The number of hydrogen-bond acceptors (Lipinski definition) is 7. The van der Waals surface area contributed by atoms with Crippen LogP contribution in [-0.2, 0) is 13.1 Å². The van der Waals surface area contributed by atoms with E-state index in [1.807, 2.05) is 32.0 Å². The Kier molecular flexibility index (Phi) is 6.05. The van der Waals surface area contributed by atoms with Gasteiger partial charge in [0.15, 0.2) is 0 Å². The van der Waals surface area contributed by atoms with Crippen molar-refractivity contribution >= 4 is 21.6 Å². The van der Waals surface area contributed by atoms with E-state index >= 15 is 0 Å². The van der Waals surface area contributed by atoms with Gasteiger partial charge in [-0.15, -0.1) is 11.3 Å². The van der Waals surface area contributed by atoms with Gasteiger partial charge in [0.1, 0.15) is 16.3 Å². The Hall–Kier alpha value is -2.42. The van der Waals surface area contributed by atoms with Gasteiger partial charge in [0, 0.05) is 30.1 Å². The maximum Gasteiger partial charge on any atom is 0.262 e. The molecule has 1 saturated heterocycles. The maximum absolute atomic E-state index is 13.0. The van der Waals surface area contributed by atoms with Crippen LogP contribution in [-0.4, -0.2) is 52.5 Å². The SMILES string of the molecule is COc1ccc(OC)c(CN2CCC(O)(Cn3cnc4sc(C)c(C)c4c3=O)CC2)c1. The average molecular weight is 444 g/mol. The van der Waals surface area contributed by atoms with Crippen molar-refractivity contribution in [2.75, 3.05) is 27.3 Å². The van der Waals surface area contributed by atoms with E-state index in [0.29, 0.717) is 18.2 Å². The van der Waals surface area contributed by atoms with Crippen LogP contribution in [0.2, 0.25) is 0 Å². The summed E-state index contributed by atoms with van der Waals surface area (Å²) in [5.41, 5.74) is 1.05. The number of aromatic nitrogens is 2. The van der Waals surface area contributed by atoms with E-state index in [1.165, 1.54) is 0 Å². The number of methoxy groups -OCH3 is 2. The van der Waals surface area contributed by atoms with Crippen molar-refractivity contribution in [3.8, 4) is 11.5 Å².